The van der Waals surface area contributed by atoms with Gasteiger partial charge in [0.15, 0.2) is 0 Å². The Balaban J connectivity index is 1.10. The summed E-state index contributed by atoms with van der Waals surface area (Å²) in [6, 6.07) is 8.54. The molecule has 0 radical (unpaired) electrons. The molecule has 0 spiro atoms. The standard InChI is InChI=1S/C25H28N6O2S/c32-24(15-30-9-11-33-12-10-30)31-7-4-17(5-8-31)22-14-19-20(3-6-26-25(19)29-22)28-18-1-2-21-23(13-18)34-16-27-21/h1-4,6,13,16,22H,5,7-12,14-15H2,(H2,26,28,29). The van der Waals surface area contributed by atoms with Crippen LogP contribution in [-0.4, -0.2) is 77.7 Å². The summed E-state index contributed by atoms with van der Waals surface area (Å²) in [5, 5.41) is 7.20. The molecule has 34 heavy (non-hydrogen) atoms. The molecule has 1 atom stereocenters. The Morgan fingerprint density at radius 3 is 2.97 bits per heavy atom. The molecule has 1 unspecified atom stereocenters. The average molecular weight is 477 g/mol. The van der Waals surface area contributed by atoms with Crippen LogP contribution in [-0.2, 0) is 16.0 Å². The van der Waals surface area contributed by atoms with E-state index in [1.54, 1.807) is 11.3 Å². The lowest BCUT2D eigenvalue weighted by atomic mass is 9.97. The molecule has 0 bridgehead atoms. The van der Waals surface area contributed by atoms with Gasteiger partial charge in [0.25, 0.3) is 0 Å². The predicted octanol–water partition coefficient (Wildman–Crippen LogP) is 3.26. The van der Waals surface area contributed by atoms with Crippen molar-refractivity contribution < 1.29 is 9.53 Å². The Kier molecular flexibility index (Phi) is 5.90. The van der Waals surface area contributed by atoms with Crippen LogP contribution >= 0.6 is 11.3 Å². The molecule has 9 heteroatoms. The molecule has 1 aromatic carbocycles. The number of carbonyl (C=O) groups is 1. The largest absolute Gasteiger partial charge is 0.379 e. The molecule has 6 rings (SSSR count). The minimum atomic E-state index is 0.214. The summed E-state index contributed by atoms with van der Waals surface area (Å²) in [5.41, 5.74) is 7.62. The number of thiazole rings is 1. The maximum atomic E-state index is 12.7. The molecule has 8 nitrogen and oxygen atoms in total. The fourth-order valence-corrected chi connectivity index (χ4v) is 5.67. The van der Waals surface area contributed by atoms with Crippen molar-refractivity contribution in [2.75, 3.05) is 56.6 Å². The molecule has 0 aliphatic carbocycles. The number of pyridine rings is 1. The smallest absolute Gasteiger partial charge is 0.237 e. The van der Waals surface area contributed by atoms with Crippen LogP contribution in [0.3, 0.4) is 0 Å². The molecular weight excluding hydrogens is 448 g/mol. The van der Waals surface area contributed by atoms with Crippen LogP contribution < -0.4 is 10.6 Å². The number of aromatic nitrogens is 2. The molecule has 5 heterocycles. The van der Waals surface area contributed by atoms with Gasteiger partial charge in [0.2, 0.25) is 5.91 Å². The van der Waals surface area contributed by atoms with E-state index in [0.717, 1.165) is 68.4 Å². The highest BCUT2D eigenvalue weighted by Crippen LogP contribution is 2.36. The van der Waals surface area contributed by atoms with Gasteiger partial charge in [-0.15, -0.1) is 11.3 Å². The van der Waals surface area contributed by atoms with E-state index < -0.39 is 0 Å². The average Bonchev–Trinajstić information content (AvgIpc) is 3.52. The second kappa shape index (κ2) is 9.32. The number of morpholine rings is 1. The third-order valence-electron chi connectivity index (χ3n) is 6.89. The van der Waals surface area contributed by atoms with Crippen molar-refractivity contribution in [2.24, 2.45) is 0 Å². The van der Waals surface area contributed by atoms with Gasteiger partial charge < -0.3 is 20.3 Å². The van der Waals surface area contributed by atoms with Gasteiger partial charge in [0.05, 0.1) is 41.5 Å². The van der Waals surface area contributed by atoms with Crippen LogP contribution in [0.25, 0.3) is 10.2 Å². The fraction of sp³-hybridized carbons (Fsp3) is 0.400. The Bertz CT molecular complexity index is 1240. The highest BCUT2D eigenvalue weighted by atomic mass is 32.1. The first kappa shape index (κ1) is 21.5. The second-order valence-corrected chi connectivity index (χ2v) is 9.89. The van der Waals surface area contributed by atoms with E-state index in [0.29, 0.717) is 13.1 Å². The summed E-state index contributed by atoms with van der Waals surface area (Å²) in [6.45, 7) is 5.06. The minimum Gasteiger partial charge on any atom is -0.379 e. The molecule has 3 aliphatic heterocycles. The highest BCUT2D eigenvalue weighted by molar-refractivity contribution is 7.16. The van der Waals surface area contributed by atoms with Crippen LogP contribution in [0.5, 0.6) is 0 Å². The number of amides is 1. The van der Waals surface area contributed by atoms with Crippen molar-refractivity contribution in [3.63, 3.8) is 0 Å². The Morgan fingerprint density at radius 2 is 2.12 bits per heavy atom. The summed E-state index contributed by atoms with van der Waals surface area (Å²) >= 11 is 1.65. The van der Waals surface area contributed by atoms with Crippen LogP contribution in [0.2, 0.25) is 0 Å². The topological polar surface area (TPSA) is 82.6 Å². The summed E-state index contributed by atoms with van der Waals surface area (Å²) in [6.07, 6.45) is 5.87. The zero-order valence-electron chi connectivity index (χ0n) is 19.0. The van der Waals surface area contributed by atoms with E-state index in [4.69, 9.17) is 4.74 Å². The second-order valence-electron chi connectivity index (χ2n) is 9.00. The van der Waals surface area contributed by atoms with Gasteiger partial charge >= 0.3 is 0 Å². The monoisotopic (exact) mass is 476 g/mol. The van der Waals surface area contributed by atoms with Crippen molar-refractivity contribution in [2.45, 2.75) is 18.9 Å². The van der Waals surface area contributed by atoms with Crippen molar-refractivity contribution in [3.8, 4) is 0 Å². The Hall–Kier alpha value is -3.01. The Morgan fingerprint density at radius 1 is 1.21 bits per heavy atom. The number of anilines is 3. The van der Waals surface area contributed by atoms with Crippen LogP contribution in [0, 0.1) is 0 Å². The van der Waals surface area contributed by atoms with Gasteiger partial charge in [0.1, 0.15) is 5.82 Å². The first-order valence-corrected chi connectivity index (χ1v) is 12.7. The molecule has 0 saturated carbocycles. The third-order valence-corrected chi connectivity index (χ3v) is 7.68. The number of benzene rings is 1. The summed E-state index contributed by atoms with van der Waals surface area (Å²) < 4.78 is 6.56. The number of nitrogens with zero attached hydrogens (tertiary/aromatic N) is 4. The lowest BCUT2D eigenvalue weighted by Gasteiger charge is -2.32. The number of ether oxygens (including phenoxy) is 1. The predicted molar refractivity (Wildman–Crippen MR) is 135 cm³/mol. The number of hydrogen-bond acceptors (Lipinski definition) is 8. The molecule has 1 amide bonds. The molecule has 1 fully saturated rings. The molecule has 3 aromatic rings. The van der Waals surface area contributed by atoms with Crippen LogP contribution in [0.4, 0.5) is 17.2 Å². The van der Waals surface area contributed by atoms with E-state index in [1.807, 2.05) is 22.7 Å². The first-order chi connectivity index (χ1) is 16.7. The maximum Gasteiger partial charge on any atom is 0.237 e. The normalized spacial score (nSPS) is 20.6. The molecule has 176 valence electrons. The number of fused-ring (bicyclic) bond motifs is 2. The highest BCUT2D eigenvalue weighted by Gasteiger charge is 2.29. The van der Waals surface area contributed by atoms with E-state index >= 15 is 0 Å². The van der Waals surface area contributed by atoms with E-state index in [1.165, 1.54) is 15.8 Å². The van der Waals surface area contributed by atoms with Gasteiger partial charge in [-0.1, -0.05) is 6.08 Å². The quantitative estimate of drug-likeness (QED) is 0.547. The van der Waals surface area contributed by atoms with Gasteiger partial charge in [-0.25, -0.2) is 9.97 Å². The molecular formula is C25H28N6O2S. The van der Waals surface area contributed by atoms with Gasteiger partial charge in [-0.2, -0.15) is 0 Å². The number of hydrogen-bond donors (Lipinski definition) is 2. The van der Waals surface area contributed by atoms with Crippen LogP contribution in [0.1, 0.15) is 12.0 Å². The molecule has 2 aromatic heterocycles. The summed E-state index contributed by atoms with van der Waals surface area (Å²) in [7, 11) is 0. The third kappa shape index (κ3) is 4.38. The fourth-order valence-electron chi connectivity index (χ4n) is 4.95. The SMILES string of the molecule is O=C(CN1CCOCC1)N1CC=C(C2Cc3c(Nc4ccc5ncsc5c4)ccnc3N2)CC1. The van der Waals surface area contributed by atoms with Gasteiger partial charge in [-0.3, -0.25) is 9.69 Å². The van der Waals surface area contributed by atoms with Crippen molar-refractivity contribution in [3.05, 3.63) is 53.2 Å². The number of nitrogens with one attached hydrogen (secondary N) is 2. The van der Waals surface area contributed by atoms with Crippen LogP contribution in [0.15, 0.2) is 47.6 Å². The summed E-state index contributed by atoms with van der Waals surface area (Å²) in [4.78, 5) is 25.8. The van der Waals surface area contributed by atoms with E-state index in [2.05, 4.69) is 49.8 Å². The lowest BCUT2D eigenvalue weighted by molar-refractivity contribution is -0.133. The minimum absolute atomic E-state index is 0.214. The van der Waals surface area contributed by atoms with Crippen molar-refractivity contribution in [1.82, 2.24) is 19.8 Å². The maximum absolute atomic E-state index is 12.7. The zero-order valence-corrected chi connectivity index (χ0v) is 19.8. The van der Waals surface area contributed by atoms with E-state index in [9.17, 15) is 4.79 Å². The number of rotatable bonds is 5. The molecule has 2 N–H and O–H groups in total. The van der Waals surface area contributed by atoms with Gasteiger partial charge in [-0.05, 0) is 36.3 Å². The molecule has 3 aliphatic rings. The van der Waals surface area contributed by atoms with Crippen molar-refractivity contribution in [1.29, 1.82) is 0 Å². The Labute approximate surface area is 202 Å². The first-order valence-electron chi connectivity index (χ1n) is 11.8. The number of carbonyl (C=O) groups excluding carboxylic acids is 1. The molecule has 1 saturated heterocycles. The summed E-state index contributed by atoms with van der Waals surface area (Å²) in [5.74, 6) is 1.16. The zero-order chi connectivity index (χ0) is 22.9. The lowest BCUT2D eigenvalue weighted by Crippen LogP contribution is -2.46. The van der Waals surface area contributed by atoms with E-state index in [-0.39, 0.29) is 11.9 Å². The van der Waals surface area contributed by atoms with Gasteiger partial charge in [0, 0.05) is 55.7 Å². The van der Waals surface area contributed by atoms with Crippen molar-refractivity contribution >= 4 is 44.7 Å².